The molecular weight excluding hydrogens is 297 g/mol. The minimum atomic E-state index is -0.252. The lowest BCUT2D eigenvalue weighted by Crippen LogP contribution is -2.29. The third-order valence-electron chi connectivity index (χ3n) is 2.83. The zero-order valence-electron chi connectivity index (χ0n) is 10.6. The monoisotopic (exact) mass is 315 g/mol. The fraction of sp³-hybridized carbons (Fsp3) is 0.500. The summed E-state index contributed by atoms with van der Waals surface area (Å²) in [6, 6.07) is 6.31. The smallest absolute Gasteiger partial charge is 0.231 e. The number of hydrogen-bond acceptors (Lipinski definition) is 1. The van der Waals surface area contributed by atoms with Crippen molar-refractivity contribution in [1.82, 2.24) is 5.32 Å². The van der Waals surface area contributed by atoms with E-state index in [0.717, 1.165) is 31.2 Å². The van der Waals surface area contributed by atoms with E-state index in [2.05, 4.69) is 28.2 Å². The third kappa shape index (κ3) is 5.17. The van der Waals surface area contributed by atoms with Gasteiger partial charge in [-0.2, -0.15) is 0 Å². The summed E-state index contributed by atoms with van der Waals surface area (Å²) in [5.74, 6) is -0.293. The highest BCUT2D eigenvalue weighted by Gasteiger charge is 2.13. The summed E-state index contributed by atoms with van der Waals surface area (Å²) in [7, 11) is 0. The minimum Gasteiger partial charge on any atom is -0.349 e. The molecule has 4 heteroatoms. The van der Waals surface area contributed by atoms with Crippen LogP contribution < -0.4 is 5.32 Å². The van der Waals surface area contributed by atoms with Crippen molar-refractivity contribution in [3.8, 4) is 0 Å². The molecule has 1 aromatic carbocycles. The molecule has 1 unspecified atom stereocenters. The molecule has 0 saturated heterocycles. The molecule has 1 atom stereocenters. The van der Waals surface area contributed by atoms with E-state index >= 15 is 0 Å². The van der Waals surface area contributed by atoms with Gasteiger partial charge in [0.05, 0.1) is 11.4 Å². The highest BCUT2D eigenvalue weighted by Crippen LogP contribution is 2.20. The van der Waals surface area contributed by atoms with E-state index in [9.17, 15) is 9.18 Å². The topological polar surface area (TPSA) is 29.1 Å². The number of carbonyl (C=O) groups excluding carboxylic acids is 1. The lowest BCUT2D eigenvalue weighted by molar-refractivity contribution is -0.119. The van der Waals surface area contributed by atoms with Crippen molar-refractivity contribution in [3.05, 3.63) is 35.6 Å². The Morgan fingerprint density at radius 2 is 2.00 bits per heavy atom. The molecule has 0 bridgehead atoms. The number of amides is 1. The second-order valence-corrected chi connectivity index (χ2v) is 4.86. The first-order chi connectivity index (χ1) is 8.67. The number of nitrogens with one attached hydrogen (secondary N) is 1. The molecule has 100 valence electrons. The number of hydrogen-bond donors (Lipinski definition) is 1. The van der Waals surface area contributed by atoms with Gasteiger partial charge in [-0.15, -0.1) is 0 Å². The molecule has 1 rings (SSSR count). The number of benzene rings is 1. The molecule has 0 heterocycles. The van der Waals surface area contributed by atoms with E-state index in [1.165, 1.54) is 12.1 Å². The van der Waals surface area contributed by atoms with Crippen LogP contribution in [-0.4, -0.2) is 11.2 Å². The lowest BCUT2D eigenvalue weighted by Gasteiger charge is -2.18. The zero-order valence-corrected chi connectivity index (χ0v) is 12.2. The van der Waals surface area contributed by atoms with E-state index in [1.807, 2.05) is 0 Å². The quantitative estimate of drug-likeness (QED) is 0.599. The Bertz CT molecular complexity index is 367. The summed E-state index contributed by atoms with van der Waals surface area (Å²) in [5.41, 5.74) is 0.960. The van der Waals surface area contributed by atoms with Crippen LogP contribution in [0.25, 0.3) is 0 Å². The van der Waals surface area contributed by atoms with Crippen LogP contribution in [-0.2, 0) is 4.79 Å². The Kier molecular flexibility index (Phi) is 6.94. The van der Waals surface area contributed by atoms with E-state index < -0.39 is 0 Å². The van der Waals surface area contributed by atoms with Crippen LogP contribution in [0.4, 0.5) is 4.39 Å². The van der Waals surface area contributed by atoms with Crippen LogP contribution in [0.2, 0.25) is 0 Å². The van der Waals surface area contributed by atoms with E-state index in [-0.39, 0.29) is 17.8 Å². The van der Waals surface area contributed by atoms with Gasteiger partial charge < -0.3 is 5.32 Å². The van der Waals surface area contributed by atoms with Gasteiger partial charge in [0.15, 0.2) is 0 Å². The predicted molar refractivity (Wildman–Crippen MR) is 75.2 cm³/mol. The molecule has 0 fully saturated rings. The fourth-order valence-electron chi connectivity index (χ4n) is 1.85. The Hall–Kier alpha value is -0.900. The standard InChI is InChI=1S/C14H19BrFNO/c1-2-3-4-5-13(17-14(18)10-15)11-6-8-12(16)9-7-11/h6-9,13H,2-5,10H2,1H3,(H,17,18). The highest BCUT2D eigenvalue weighted by atomic mass is 79.9. The molecule has 1 aromatic rings. The summed E-state index contributed by atoms with van der Waals surface area (Å²) in [4.78, 5) is 11.5. The number of halogens is 2. The molecule has 18 heavy (non-hydrogen) atoms. The molecule has 0 spiro atoms. The van der Waals surface area contributed by atoms with Crippen LogP contribution in [0, 0.1) is 5.82 Å². The van der Waals surface area contributed by atoms with E-state index in [0.29, 0.717) is 5.33 Å². The van der Waals surface area contributed by atoms with Crippen molar-refractivity contribution in [2.45, 2.75) is 38.6 Å². The third-order valence-corrected chi connectivity index (χ3v) is 3.33. The van der Waals surface area contributed by atoms with Crippen molar-refractivity contribution in [2.75, 3.05) is 5.33 Å². The second-order valence-electron chi connectivity index (χ2n) is 4.30. The van der Waals surface area contributed by atoms with Gasteiger partial charge in [-0.05, 0) is 24.1 Å². The Morgan fingerprint density at radius 1 is 1.33 bits per heavy atom. The predicted octanol–water partition coefficient (Wildman–Crippen LogP) is 3.96. The van der Waals surface area contributed by atoms with Crippen molar-refractivity contribution < 1.29 is 9.18 Å². The van der Waals surface area contributed by atoms with Gasteiger partial charge in [0.2, 0.25) is 5.91 Å². The molecule has 0 radical (unpaired) electrons. The molecule has 2 nitrogen and oxygen atoms in total. The fourth-order valence-corrected chi connectivity index (χ4v) is 2.01. The maximum absolute atomic E-state index is 12.9. The number of carbonyl (C=O) groups is 1. The normalized spacial score (nSPS) is 12.2. The Labute approximate surface area is 116 Å². The van der Waals surface area contributed by atoms with Crippen molar-refractivity contribution in [2.24, 2.45) is 0 Å². The van der Waals surface area contributed by atoms with Gasteiger partial charge in [0.1, 0.15) is 5.82 Å². The summed E-state index contributed by atoms with van der Waals surface area (Å²) in [6.45, 7) is 2.14. The Morgan fingerprint density at radius 3 is 2.56 bits per heavy atom. The zero-order chi connectivity index (χ0) is 13.4. The summed E-state index contributed by atoms with van der Waals surface area (Å²) < 4.78 is 12.9. The van der Waals surface area contributed by atoms with Gasteiger partial charge >= 0.3 is 0 Å². The van der Waals surface area contributed by atoms with Crippen LogP contribution in [0.1, 0.15) is 44.2 Å². The largest absolute Gasteiger partial charge is 0.349 e. The van der Waals surface area contributed by atoms with Gasteiger partial charge in [-0.1, -0.05) is 54.2 Å². The minimum absolute atomic E-state index is 0.0257. The number of alkyl halides is 1. The van der Waals surface area contributed by atoms with Crippen LogP contribution in [0.5, 0.6) is 0 Å². The maximum atomic E-state index is 12.9. The number of unbranched alkanes of at least 4 members (excludes halogenated alkanes) is 2. The molecule has 0 aromatic heterocycles. The second kappa shape index (κ2) is 8.25. The average molecular weight is 316 g/mol. The van der Waals surface area contributed by atoms with Crippen molar-refractivity contribution in [3.63, 3.8) is 0 Å². The molecule has 0 saturated carbocycles. The molecule has 1 N–H and O–H groups in total. The van der Waals surface area contributed by atoms with Gasteiger partial charge in [-0.3, -0.25) is 4.79 Å². The average Bonchev–Trinajstić information content (AvgIpc) is 2.38. The molecular formula is C14H19BrFNO. The highest BCUT2D eigenvalue weighted by molar-refractivity contribution is 9.09. The maximum Gasteiger partial charge on any atom is 0.231 e. The summed E-state index contributed by atoms with van der Waals surface area (Å²) in [6.07, 6.45) is 4.23. The lowest BCUT2D eigenvalue weighted by atomic mass is 10.0. The van der Waals surface area contributed by atoms with E-state index in [1.54, 1.807) is 12.1 Å². The molecule has 1 amide bonds. The van der Waals surface area contributed by atoms with Crippen molar-refractivity contribution >= 4 is 21.8 Å². The summed E-state index contributed by atoms with van der Waals surface area (Å²) >= 11 is 3.14. The molecule has 0 aliphatic heterocycles. The van der Waals surface area contributed by atoms with E-state index in [4.69, 9.17) is 0 Å². The Balaban J connectivity index is 2.69. The molecule has 0 aliphatic carbocycles. The van der Waals surface area contributed by atoms with Crippen LogP contribution in [0.3, 0.4) is 0 Å². The van der Waals surface area contributed by atoms with Crippen molar-refractivity contribution in [1.29, 1.82) is 0 Å². The van der Waals surface area contributed by atoms with Crippen LogP contribution in [0.15, 0.2) is 24.3 Å². The first-order valence-corrected chi connectivity index (χ1v) is 7.40. The summed E-state index contributed by atoms with van der Waals surface area (Å²) in [5, 5.41) is 3.24. The first-order valence-electron chi connectivity index (χ1n) is 6.28. The number of rotatable bonds is 7. The molecule has 0 aliphatic rings. The van der Waals surface area contributed by atoms with Gasteiger partial charge in [0.25, 0.3) is 0 Å². The SMILES string of the molecule is CCCCCC(NC(=O)CBr)c1ccc(F)cc1. The van der Waals surface area contributed by atoms with Gasteiger partial charge in [0, 0.05) is 0 Å². The van der Waals surface area contributed by atoms with Crippen LogP contribution >= 0.6 is 15.9 Å². The first kappa shape index (κ1) is 15.2. The van der Waals surface area contributed by atoms with Gasteiger partial charge in [-0.25, -0.2) is 4.39 Å².